The lowest BCUT2D eigenvalue weighted by molar-refractivity contribution is -0.124. The van der Waals surface area contributed by atoms with E-state index >= 15 is 0 Å². The summed E-state index contributed by atoms with van der Waals surface area (Å²) in [6.07, 6.45) is 0.706. The van der Waals surface area contributed by atoms with Crippen LogP contribution in [-0.4, -0.2) is 25.7 Å². The molecular formula is C18H19NO4S. The van der Waals surface area contributed by atoms with Crippen molar-refractivity contribution in [3.05, 3.63) is 59.7 Å². The molecule has 1 fully saturated rings. The first-order valence-electron chi connectivity index (χ1n) is 7.71. The third-order valence-electron chi connectivity index (χ3n) is 4.24. The lowest BCUT2D eigenvalue weighted by Gasteiger charge is -2.25. The van der Waals surface area contributed by atoms with E-state index in [1.54, 1.807) is 55.6 Å². The second kappa shape index (κ2) is 6.28. The van der Waals surface area contributed by atoms with E-state index in [-0.39, 0.29) is 17.2 Å². The van der Waals surface area contributed by atoms with Gasteiger partial charge in [-0.2, -0.15) is 0 Å². The molecule has 1 aliphatic heterocycles. The Morgan fingerprint density at radius 3 is 2.25 bits per heavy atom. The van der Waals surface area contributed by atoms with Crippen LogP contribution in [0.25, 0.3) is 0 Å². The summed E-state index contributed by atoms with van der Waals surface area (Å²) in [4.78, 5) is 12.4. The number of methoxy groups -OCH3 is 1. The Labute approximate surface area is 141 Å². The van der Waals surface area contributed by atoms with Crippen LogP contribution < -0.4 is 4.74 Å². The number of nitrogens with zero attached hydrogens (tertiary/aromatic N) is 1. The summed E-state index contributed by atoms with van der Waals surface area (Å²) in [6.45, 7) is 1.89. The molecule has 0 bridgehead atoms. The van der Waals surface area contributed by atoms with Crippen molar-refractivity contribution in [3.63, 3.8) is 0 Å². The maximum atomic E-state index is 12.9. The third kappa shape index (κ3) is 2.89. The summed E-state index contributed by atoms with van der Waals surface area (Å²) in [5, 5.41) is 0. The Morgan fingerprint density at radius 1 is 1.04 bits per heavy atom. The van der Waals surface area contributed by atoms with Crippen molar-refractivity contribution in [2.24, 2.45) is 0 Å². The minimum atomic E-state index is -3.87. The Morgan fingerprint density at radius 2 is 1.67 bits per heavy atom. The van der Waals surface area contributed by atoms with Crippen LogP contribution in [0, 0.1) is 6.92 Å². The highest BCUT2D eigenvalue weighted by molar-refractivity contribution is 7.89. The van der Waals surface area contributed by atoms with Gasteiger partial charge in [0, 0.05) is 6.42 Å². The molecular weight excluding hydrogens is 326 g/mol. The van der Waals surface area contributed by atoms with Gasteiger partial charge in [0.05, 0.1) is 18.0 Å². The molecule has 1 saturated heterocycles. The van der Waals surface area contributed by atoms with Crippen molar-refractivity contribution in [2.75, 3.05) is 7.11 Å². The second-order valence-corrected chi connectivity index (χ2v) is 7.65. The minimum Gasteiger partial charge on any atom is -0.497 e. The van der Waals surface area contributed by atoms with E-state index in [1.807, 2.05) is 6.92 Å². The topological polar surface area (TPSA) is 63.7 Å². The van der Waals surface area contributed by atoms with Gasteiger partial charge in [0.25, 0.3) is 10.0 Å². The first kappa shape index (κ1) is 16.5. The number of hydrogen-bond acceptors (Lipinski definition) is 4. The second-order valence-electron chi connectivity index (χ2n) is 5.84. The monoisotopic (exact) mass is 345 g/mol. The van der Waals surface area contributed by atoms with Crippen molar-refractivity contribution in [1.29, 1.82) is 0 Å². The minimum absolute atomic E-state index is 0.141. The fraction of sp³-hybridized carbons (Fsp3) is 0.278. The number of amides is 1. The van der Waals surface area contributed by atoms with Crippen molar-refractivity contribution in [2.45, 2.75) is 30.7 Å². The van der Waals surface area contributed by atoms with Crippen molar-refractivity contribution in [1.82, 2.24) is 4.31 Å². The molecule has 0 saturated carbocycles. The van der Waals surface area contributed by atoms with Crippen LogP contribution in [0.4, 0.5) is 0 Å². The molecule has 0 aromatic heterocycles. The van der Waals surface area contributed by atoms with E-state index in [2.05, 4.69) is 0 Å². The van der Waals surface area contributed by atoms with Gasteiger partial charge in [-0.15, -0.1) is 0 Å². The van der Waals surface area contributed by atoms with E-state index in [9.17, 15) is 13.2 Å². The Hall–Kier alpha value is -2.34. The highest BCUT2D eigenvalue weighted by Gasteiger charge is 2.41. The average Bonchev–Trinajstić information content (AvgIpc) is 2.98. The molecule has 1 heterocycles. The van der Waals surface area contributed by atoms with E-state index in [0.717, 1.165) is 15.4 Å². The van der Waals surface area contributed by atoms with Crippen LogP contribution in [0.15, 0.2) is 53.4 Å². The molecule has 126 valence electrons. The molecule has 1 atom stereocenters. The molecule has 0 radical (unpaired) electrons. The third-order valence-corrected chi connectivity index (χ3v) is 6.08. The number of rotatable bonds is 4. The number of carbonyl (C=O) groups excluding carboxylic acids is 1. The maximum absolute atomic E-state index is 12.9. The number of sulfonamides is 1. The molecule has 0 unspecified atom stereocenters. The molecule has 3 rings (SSSR count). The quantitative estimate of drug-likeness (QED) is 0.854. The fourth-order valence-corrected chi connectivity index (χ4v) is 4.54. The summed E-state index contributed by atoms with van der Waals surface area (Å²) in [5.41, 5.74) is 1.76. The largest absolute Gasteiger partial charge is 0.497 e. The predicted octanol–water partition coefficient (Wildman–Crippen LogP) is 3.06. The molecule has 2 aromatic carbocycles. The fourth-order valence-electron chi connectivity index (χ4n) is 2.91. The molecule has 2 aromatic rings. The van der Waals surface area contributed by atoms with E-state index in [1.165, 1.54) is 0 Å². The van der Waals surface area contributed by atoms with Crippen LogP contribution in [0.1, 0.15) is 30.0 Å². The molecule has 0 spiro atoms. The molecule has 24 heavy (non-hydrogen) atoms. The standard InChI is InChI=1S/C18H19NO4S/c1-13-3-9-16(10-4-13)24(21,22)19-17(11-12-18(19)20)14-5-7-15(23-2)8-6-14/h3-10,17H,11-12H2,1-2H3/t17-/m0/s1. The SMILES string of the molecule is COc1ccc([C@@H]2CCC(=O)N2S(=O)(=O)c2ccc(C)cc2)cc1. The van der Waals surface area contributed by atoms with Gasteiger partial charge in [-0.1, -0.05) is 29.8 Å². The maximum Gasteiger partial charge on any atom is 0.267 e. The molecule has 0 aliphatic carbocycles. The lowest BCUT2D eigenvalue weighted by atomic mass is 10.1. The summed E-state index contributed by atoms with van der Waals surface area (Å²) in [6, 6.07) is 13.2. The van der Waals surface area contributed by atoms with Crippen LogP contribution >= 0.6 is 0 Å². The van der Waals surface area contributed by atoms with Crippen LogP contribution in [0.2, 0.25) is 0 Å². The Balaban J connectivity index is 1.99. The smallest absolute Gasteiger partial charge is 0.267 e. The molecule has 1 amide bonds. The lowest BCUT2D eigenvalue weighted by Crippen LogP contribution is -2.34. The zero-order chi connectivity index (χ0) is 17.3. The van der Waals surface area contributed by atoms with Crippen LogP contribution in [0.5, 0.6) is 5.75 Å². The number of benzene rings is 2. The summed E-state index contributed by atoms with van der Waals surface area (Å²) >= 11 is 0. The van der Waals surface area contributed by atoms with Crippen LogP contribution in [-0.2, 0) is 14.8 Å². The number of hydrogen-bond donors (Lipinski definition) is 0. The van der Waals surface area contributed by atoms with Crippen molar-refractivity contribution >= 4 is 15.9 Å². The number of carbonyl (C=O) groups is 1. The van der Waals surface area contributed by atoms with Gasteiger partial charge >= 0.3 is 0 Å². The van der Waals surface area contributed by atoms with Gasteiger partial charge in [-0.3, -0.25) is 4.79 Å². The molecule has 0 N–H and O–H groups in total. The van der Waals surface area contributed by atoms with Crippen molar-refractivity contribution in [3.8, 4) is 5.75 Å². The van der Waals surface area contributed by atoms with Crippen LogP contribution in [0.3, 0.4) is 0 Å². The highest BCUT2D eigenvalue weighted by atomic mass is 32.2. The number of ether oxygens (including phenoxy) is 1. The van der Waals surface area contributed by atoms with Gasteiger partial charge in [-0.25, -0.2) is 12.7 Å². The summed E-state index contributed by atoms with van der Waals surface area (Å²) in [5.74, 6) is 0.326. The first-order valence-corrected chi connectivity index (χ1v) is 9.15. The molecule has 5 nitrogen and oxygen atoms in total. The van der Waals surface area contributed by atoms with Crippen molar-refractivity contribution < 1.29 is 17.9 Å². The van der Waals surface area contributed by atoms with Gasteiger partial charge < -0.3 is 4.74 Å². The zero-order valence-electron chi connectivity index (χ0n) is 13.6. The van der Waals surface area contributed by atoms with Gasteiger partial charge in [0.2, 0.25) is 5.91 Å². The van der Waals surface area contributed by atoms with E-state index < -0.39 is 16.1 Å². The van der Waals surface area contributed by atoms with E-state index in [0.29, 0.717) is 12.2 Å². The van der Waals surface area contributed by atoms with Gasteiger partial charge in [0.1, 0.15) is 5.75 Å². The van der Waals surface area contributed by atoms with Gasteiger partial charge in [0.15, 0.2) is 0 Å². The Kier molecular flexibility index (Phi) is 4.32. The molecule has 6 heteroatoms. The summed E-state index contributed by atoms with van der Waals surface area (Å²) < 4.78 is 32.0. The first-order chi connectivity index (χ1) is 11.4. The molecule has 1 aliphatic rings. The predicted molar refractivity (Wildman–Crippen MR) is 90.2 cm³/mol. The normalized spacial score (nSPS) is 18.0. The van der Waals surface area contributed by atoms with E-state index in [4.69, 9.17) is 4.74 Å². The van der Waals surface area contributed by atoms with Gasteiger partial charge in [-0.05, 0) is 43.2 Å². The summed E-state index contributed by atoms with van der Waals surface area (Å²) in [7, 11) is -2.29. The average molecular weight is 345 g/mol. The zero-order valence-corrected chi connectivity index (χ0v) is 14.4. The number of aryl methyl sites for hydroxylation is 1. The highest BCUT2D eigenvalue weighted by Crippen LogP contribution is 2.37. The Bertz CT molecular complexity index is 842.